The van der Waals surface area contributed by atoms with E-state index in [1.807, 2.05) is 6.92 Å². The quantitative estimate of drug-likeness (QED) is 0.705. The molecule has 1 heterocycles. The van der Waals surface area contributed by atoms with E-state index in [1.165, 1.54) is 0 Å². The van der Waals surface area contributed by atoms with Crippen LogP contribution in [0.5, 0.6) is 0 Å². The molecule has 120 valence electrons. The molecule has 0 aliphatic carbocycles. The lowest BCUT2D eigenvalue weighted by atomic mass is 10.2. The van der Waals surface area contributed by atoms with Gasteiger partial charge in [0.25, 0.3) is 5.91 Å². The predicted molar refractivity (Wildman–Crippen MR) is 86.4 cm³/mol. The van der Waals surface area contributed by atoms with Gasteiger partial charge in [-0.25, -0.2) is 0 Å². The van der Waals surface area contributed by atoms with E-state index < -0.39 is 6.04 Å². The minimum Gasteiger partial charge on any atom is -0.339 e. The molecule has 0 fully saturated rings. The molecule has 6 nitrogen and oxygen atoms in total. The molecule has 0 aromatic carbocycles. The highest BCUT2D eigenvalue weighted by atomic mass is 16.2. The zero-order valence-electron chi connectivity index (χ0n) is 13.3. The molecule has 0 aliphatic heterocycles. The van der Waals surface area contributed by atoms with Crippen molar-refractivity contribution in [3.05, 3.63) is 43.3 Å². The summed E-state index contributed by atoms with van der Waals surface area (Å²) in [6.45, 7) is 12.4. The number of carbonyl (C=O) groups is 2. The molecule has 0 bridgehead atoms. The predicted octanol–water partition coefficient (Wildman–Crippen LogP) is 1.61. The van der Waals surface area contributed by atoms with E-state index in [0.29, 0.717) is 25.3 Å². The van der Waals surface area contributed by atoms with Gasteiger partial charge in [0.2, 0.25) is 5.91 Å². The maximum atomic E-state index is 12.3. The van der Waals surface area contributed by atoms with Crippen molar-refractivity contribution in [3.8, 4) is 0 Å². The minimum atomic E-state index is -0.627. The van der Waals surface area contributed by atoms with Crippen molar-refractivity contribution in [1.29, 1.82) is 0 Å². The summed E-state index contributed by atoms with van der Waals surface area (Å²) in [5, 5.41) is 6.83. The van der Waals surface area contributed by atoms with Crippen LogP contribution >= 0.6 is 0 Å². The number of hydrogen-bond donors (Lipinski definition) is 1. The van der Waals surface area contributed by atoms with E-state index in [0.717, 1.165) is 6.42 Å². The second-order valence-corrected chi connectivity index (χ2v) is 4.96. The third-order valence-corrected chi connectivity index (χ3v) is 3.11. The monoisotopic (exact) mass is 304 g/mol. The lowest BCUT2D eigenvalue weighted by Crippen LogP contribution is -2.47. The van der Waals surface area contributed by atoms with Crippen LogP contribution in [0.1, 0.15) is 30.8 Å². The molecule has 1 N–H and O–H groups in total. The van der Waals surface area contributed by atoms with Crippen molar-refractivity contribution in [2.45, 2.75) is 32.9 Å². The fourth-order valence-electron chi connectivity index (χ4n) is 2.09. The normalized spacial score (nSPS) is 11.5. The number of rotatable bonds is 9. The van der Waals surface area contributed by atoms with Gasteiger partial charge in [-0.3, -0.25) is 14.3 Å². The first kappa shape index (κ1) is 17.7. The first-order valence-electron chi connectivity index (χ1n) is 7.38. The van der Waals surface area contributed by atoms with Crippen LogP contribution < -0.4 is 5.32 Å². The van der Waals surface area contributed by atoms with Crippen LogP contribution in [0, 0.1) is 0 Å². The number of aryl methyl sites for hydroxylation is 1. The van der Waals surface area contributed by atoms with Crippen LogP contribution in [0.2, 0.25) is 0 Å². The second kappa shape index (κ2) is 8.81. The standard InChI is InChI=1S/C16H24N4O2/c1-5-10-19(11-6-2)16(22)13(4)18-15(21)14-8-9-17-20(14)12-7-3/h5-6,8-9,13H,1-2,7,10-12H2,3-4H3,(H,18,21). The summed E-state index contributed by atoms with van der Waals surface area (Å²) in [5.74, 6) is -0.473. The number of amides is 2. The van der Waals surface area contributed by atoms with Crippen LogP contribution in [0.4, 0.5) is 0 Å². The molecule has 1 aromatic rings. The van der Waals surface area contributed by atoms with Crippen molar-refractivity contribution in [2.75, 3.05) is 13.1 Å². The van der Waals surface area contributed by atoms with Gasteiger partial charge in [0.1, 0.15) is 11.7 Å². The van der Waals surface area contributed by atoms with Crippen LogP contribution in [0.25, 0.3) is 0 Å². The van der Waals surface area contributed by atoms with E-state index in [2.05, 4.69) is 23.6 Å². The Hall–Kier alpha value is -2.37. The molecule has 0 saturated carbocycles. The van der Waals surface area contributed by atoms with Gasteiger partial charge < -0.3 is 10.2 Å². The zero-order valence-corrected chi connectivity index (χ0v) is 13.3. The van der Waals surface area contributed by atoms with Crippen molar-refractivity contribution in [1.82, 2.24) is 20.0 Å². The van der Waals surface area contributed by atoms with Crippen LogP contribution in [0.3, 0.4) is 0 Å². The fourth-order valence-corrected chi connectivity index (χ4v) is 2.09. The molecule has 0 aliphatic rings. The minimum absolute atomic E-state index is 0.172. The Morgan fingerprint density at radius 1 is 1.41 bits per heavy atom. The van der Waals surface area contributed by atoms with Crippen molar-refractivity contribution < 1.29 is 9.59 Å². The Kier molecular flexibility index (Phi) is 7.08. The summed E-state index contributed by atoms with van der Waals surface area (Å²) in [4.78, 5) is 26.2. The molecule has 0 radical (unpaired) electrons. The first-order chi connectivity index (χ1) is 10.5. The van der Waals surface area contributed by atoms with E-state index in [4.69, 9.17) is 0 Å². The highest BCUT2D eigenvalue weighted by Crippen LogP contribution is 2.03. The van der Waals surface area contributed by atoms with Gasteiger partial charge in [-0.05, 0) is 19.4 Å². The average Bonchev–Trinajstić information content (AvgIpc) is 2.95. The first-order valence-corrected chi connectivity index (χ1v) is 7.38. The molecule has 1 atom stereocenters. The van der Waals surface area contributed by atoms with Gasteiger partial charge in [-0.1, -0.05) is 19.1 Å². The molecule has 0 saturated heterocycles. The lowest BCUT2D eigenvalue weighted by Gasteiger charge is -2.23. The summed E-state index contributed by atoms with van der Waals surface area (Å²) < 4.78 is 1.64. The maximum Gasteiger partial charge on any atom is 0.270 e. The molecule has 1 unspecified atom stereocenters. The number of hydrogen-bond acceptors (Lipinski definition) is 3. The van der Waals surface area contributed by atoms with Crippen LogP contribution in [-0.2, 0) is 11.3 Å². The molecule has 22 heavy (non-hydrogen) atoms. The number of nitrogens with one attached hydrogen (secondary N) is 1. The fraction of sp³-hybridized carbons (Fsp3) is 0.438. The van der Waals surface area contributed by atoms with E-state index in [-0.39, 0.29) is 11.8 Å². The molecule has 2 amide bonds. The van der Waals surface area contributed by atoms with Gasteiger partial charge in [0.05, 0.1) is 0 Å². The molecule has 6 heteroatoms. The topological polar surface area (TPSA) is 67.2 Å². The smallest absolute Gasteiger partial charge is 0.270 e. The van der Waals surface area contributed by atoms with Crippen LogP contribution in [0.15, 0.2) is 37.6 Å². The summed E-state index contributed by atoms with van der Waals surface area (Å²) in [6.07, 6.45) is 5.75. The second-order valence-electron chi connectivity index (χ2n) is 4.96. The summed E-state index contributed by atoms with van der Waals surface area (Å²) in [5.41, 5.74) is 0.459. The highest BCUT2D eigenvalue weighted by Gasteiger charge is 2.22. The Bertz CT molecular complexity index is 526. The third kappa shape index (κ3) is 4.58. The zero-order chi connectivity index (χ0) is 16.5. The molecule has 1 aromatic heterocycles. The van der Waals surface area contributed by atoms with Crippen molar-refractivity contribution in [2.24, 2.45) is 0 Å². The average molecular weight is 304 g/mol. The van der Waals surface area contributed by atoms with Gasteiger partial charge in [-0.2, -0.15) is 5.10 Å². The van der Waals surface area contributed by atoms with Gasteiger partial charge in [-0.15, -0.1) is 13.2 Å². The maximum absolute atomic E-state index is 12.3. The highest BCUT2D eigenvalue weighted by molar-refractivity contribution is 5.96. The SMILES string of the molecule is C=CCN(CC=C)C(=O)C(C)NC(=O)c1ccnn1CCC. The Labute approximate surface area is 131 Å². The number of nitrogens with zero attached hydrogens (tertiary/aromatic N) is 3. The van der Waals surface area contributed by atoms with Crippen molar-refractivity contribution in [3.63, 3.8) is 0 Å². The summed E-state index contributed by atoms with van der Waals surface area (Å²) >= 11 is 0. The number of aromatic nitrogens is 2. The van der Waals surface area contributed by atoms with E-state index >= 15 is 0 Å². The Morgan fingerprint density at radius 3 is 2.59 bits per heavy atom. The van der Waals surface area contributed by atoms with Crippen molar-refractivity contribution >= 4 is 11.8 Å². The lowest BCUT2D eigenvalue weighted by molar-refractivity contribution is -0.131. The largest absolute Gasteiger partial charge is 0.339 e. The third-order valence-electron chi connectivity index (χ3n) is 3.11. The van der Waals surface area contributed by atoms with Gasteiger partial charge in [0.15, 0.2) is 0 Å². The molecule has 0 spiro atoms. The summed E-state index contributed by atoms with van der Waals surface area (Å²) in [7, 11) is 0. The Morgan fingerprint density at radius 2 is 2.05 bits per heavy atom. The summed E-state index contributed by atoms with van der Waals surface area (Å²) in [6, 6.07) is 1.02. The van der Waals surface area contributed by atoms with E-state index in [9.17, 15) is 9.59 Å². The van der Waals surface area contributed by atoms with E-state index in [1.54, 1.807) is 40.9 Å². The molecular weight excluding hydrogens is 280 g/mol. The van der Waals surface area contributed by atoms with Gasteiger partial charge in [0, 0.05) is 25.8 Å². The molecule has 1 rings (SSSR count). The Balaban J connectivity index is 2.73. The molecular formula is C16H24N4O2. The van der Waals surface area contributed by atoms with Crippen LogP contribution in [-0.4, -0.2) is 45.6 Å². The number of carbonyl (C=O) groups excluding carboxylic acids is 2. The van der Waals surface area contributed by atoms with Gasteiger partial charge >= 0.3 is 0 Å².